The van der Waals surface area contributed by atoms with E-state index >= 15 is 0 Å². The normalized spacial score (nSPS) is 20.0. The third-order valence-corrected chi connectivity index (χ3v) is 7.13. The highest BCUT2D eigenvalue weighted by molar-refractivity contribution is 6.02. The Kier molecular flexibility index (Phi) is 4.66. The average Bonchev–Trinajstić information content (AvgIpc) is 3.46. The van der Waals surface area contributed by atoms with Crippen LogP contribution in [-0.4, -0.2) is 56.0 Å². The molecule has 1 atom stereocenters. The number of rotatable bonds is 4. The average molecular weight is 440 g/mol. The number of likely N-dealkylation sites (tertiary alicyclic amines) is 1. The SMILES string of the molecule is N#CCC1(n2cc(-c3ncnc4[nH]ccc34)c3ccccc32)CN(C(=O)C2CCCCN2)C1. The first-order chi connectivity index (χ1) is 16.2. The number of nitriles is 1. The zero-order valence-electron chi connectivity index (χ0n) is 18.3. The largest absolute Gasteiger partial charge is 0.346 e. The Bertz CT molecular complexity index is 1380. The standard InChI is InChI=1S/C25H25N7O/c26-10-9-25(14-31(15-25)24(33)20-6-3-4-11-27-20)32-13-19(17-5-1-2-7-21(17)32)22-18-8-12-28-23(18)30-16-29-22/h1-2,5,7-8,12-13,16,20,27H,3-4,6,9,11,14-15H2,(H,28,29,30). The monoisotopic (exact) mass is 439 g/mol. The van der Waals surface area contributed by atoms with Crippen LogP contribution >= 0.6 is 0 Å². The topological polar surface area (TPSA) is 103 Å². The number of H-pyrrole nitrogens is 1. The van der Waals surface area contributed by atoms with Crippen molar-refractivity contribution in [2.24, 2.45) is 0 Å². The van der Waals surface area contributed by atoms with E-state index in [0.29, 0.717) is 19.5 Å². The van der Waals surface area contributed by atoms with E-state index in [2.05, 4.69) is 49.2 Å². The molecule has 2 saturated heterocycles. The van der Waals surface area contributed by atoms with Crippen molar-refractivity contribution < 1.29 is 4.79 Å². The van der Waals surface area contributed by atoms with Gasteiger partial charge >= 0.3 is 0 Å². The fourth-order valence-corrected chi connectivity index (χ4v) is 5.45. The lowest BCUT2D eigenvalue weighted by Gasteiger charge is -2.51. The minimum Gasteiger partial charge on any atom is -0.346 e. The third-order valence-electron chi connectivity index (χ3n) is 7.13. The second-order valence-corrected chi connectivity index (χ2v) is 9.15. The number of carbonyl (C=O) groups excluding carboxylic acids is 1. The fourth-order valence-electron chi connectivity index (χ4n) is 5.45. The second kappa shape index (κ2) is 7.71. The highest BCUT2D eigenvalue weighted by atomic mass is 16.2. The Morgan fingerprint density at radius 1 is 1.18 bits per heavy atom. The molecular formula is C25H25N7O. The summed E-state index contributed by atoms with van der Waals surface area (Å²) in [5.41, 5.74) is 3.27. The maximum Gasteiger partial charge on any atom is 0.239 e. The molecular weight excluding hydrogens is 414 g/mol. The van der Waals surface area contributed by atoms with Gasteiger partial charge in [0.25, 0.3) is 0 Å². The summed E-state index contributed by atoms with van der Waals surface area (Å²) in [6.45, 7) is 1.98. The Morgan fingerprint density at radius 3 is 2.88 bits per heavy atom. The Balaban J connectivity index is 1.41. The Morgan fingerprint density at radius 2 is 2.06 bits per heavy atom. The van der Waals surface area contributed by atoms with Crippen molar-refractivity contribution in [3.8, 4) is 17.3 Å². The van der Waals surface area contributed by atoms with Gasteiger partial charge in [-0.05, 0) is 31.5 Å². The van der Waals surface area contributed by atoms with Crippen LogP contribution < -0.4 is 5.32 Å². The molecule has 2 aliphatic heterocycles. The van der Waals surface area contributed by atoms with Crippen LogP contribution in [0, 0.1) is 11.3 Å². The van der Waals surface area contributed by atoms with Gasteiger partial charge in [0.2, 0.25) is 5.91 Å². The van der Waals surface area contributed by atoms with Crippen LogP contribution in [0.2, 0.25) is 0 Å². The number of aromatic nitrogens is 4. The van der Waals surface area contributed by atoms with Crippen LogP contribution in [0.4, 0.5) is 0 Å². The molecule has 166 valence electrons. The molecule has 3 aromatic heterocycles. The van der Waals surface area contributed by atoms with Gasteiger partial charge in [-0.25, -0.2) is 9.97 Å². The van der Waals surface area contributed by atoms with Crippen molar-refractivity contribution in [1.29, 1.82) is 5.26 Å². The van der Waals surface area contributed by atoms with Crippen molar-refractivity contribution in [2.75, 3.05) is 19.6 Å². The second-order valence-electron chi connectivity index (χ2n) is 9.15. The van der Waals surface area contributed by atoms with Gasteiger partial charge in [0.15, 0.2) is 0 Å². The lowest BCUT2D eigenvalue weighted by molar-refractivity contribution is -0.144. The van der Waals surface area contributed by atoms with Crippen LogP contribution in [0.25, 0.3) is 33.2 Å². The number of hydrogen-bond acceptors (Lipinski definition) is 5. The van der Waals surface area contributed by atoms with Gasteiger partial charge in [0.05, 0.1) is 29.8 Å². The van der Waals surface area contributed by atoms with Crippen molar-refractivity contribution in [1.82, 2.24) is 29.7 Å². The molecule has 6 rings (SSSR count). The molecule has 0 saturated carbocycles. The molecule has 2 aliphatic rings. The number of hydrogen-bond donors (Lipinski definition) is 2. The number of fused-ring (bicyclic) bond motifs is 2. The van der Waals surface area contributed by atoms with E-state index in [4.69, 9.17) is 0 Å². The van der Waals surface area contributed by atoms with E-state index in [1.54, 1.807) is 6.33 Å². The fraction of sp³-hybridized carbons (Fsp3) is 0.360. The number of para-hydroxylation sites is 1. The van der Waals surface area contributed by atoms with E-state index in [9.17, 15) is 10.1 Å². The Labute approximate surface area is 191 Å². The molecule has 4 aromatic rings. The minimum atomic E-state index is -0.443. The summed E-state index contributed by atoms with van der Waals surface area (Å²) in [6.07, 6.45) is 8.99. The number of benzene rings is 1. The van der Waals surface area contributed by atoms with Gasteiger partial charge in [-0.1, -0.05) is 24.6 Å². The van der Waals surface area contributed by atoms with Crippen LogP contribution in [0.1, 0.15) is 25.7 Å². The van der Waals surface area contributed by atoms with Crippen LogP contribution in [0.15, 0.2) is 49.1 Å². The van der Waals surface area contributed by atoms with E-state index < -0.39 is 5.54 Å². The van der Waals surface area contributed by atoms with Crippen LogP contribution in [0.5, 0.6) is 0 Å². The molecule has 33 heavy (non-hydrogen) atoms. The smallest absolute Gasteiger partial charge is 0.239 e. The number of piperidine rings is 1. The molecule has 0 bridgehead atoms. The summed E-state index contributed by atoms with van der Waals surface area (Å²) in [7, 11) is 0. The van der Waals surface area contributed by atoms with Gasteiger partial charge in [-0.3, -0.25) is 4.79 Å². The van der Waals surface area contributed by atoms with E-state index in [0.717, 1.165) is 59.0 Å². The lowest BCUT2D eigenvalue weighted by Crippen LogP contribution is -2.66. The first-order valence-electron chi connectivity index (χ1n) is 11.5. The summed E-state index contributed by atoms with van der Waals surface area (Å²) in [6, 6.07) is 12.5. The highest BCUT2D eigenvalue weighted by Gasteiger charge is 2.48. The molecule has 2 N–H and O–H groups in total. The van der Waals surface area contributed by atoms with Gasteiger partial charge in [0, 0.05) is 47.3 Å². The minimum absolute atomic E-state index is 0.0984. The molecule has 0 aliphatic carbocycles. The zero-order chi connectivity index (χ0) is 22.4. The molecule has 8 nitrogen and oxygen atoms in total. The molecule has 1 unspecified atom stereocenters. The lowest BCUT2D eigenvalue weighted by atomic mass is 9.85. The summed E-state index contributed by atoms with van der Waals surface area (Å²) >= 11 is 0. The first kappa shape index (κ1) is 19.9. The summed E-state index contributed by atoms with van der Waals surface area (Å²) in [5.74, 6) is 0.157. The van der Waals surface area contributed by atoms with Gasteiger partial charge < -0.3 is 19.8 Å². The molecule has 1 amide bonds. The van der Waals surface area contributed by atoms with Gasteiger partial charge in [-0.2, -0.15) is 5.26 Å². The zero-order valence-corrected chi connectivity index (χ0v) is 18.3. The van der Waals surface area contributed by atoms with Crippen molar-refractivity contribution in [2.45, 2.75) is 37.3 Å². The third kappa shape index (κ3) is 3.11. The molecule has 1 aromatic carbocycles. The molecule has 8 heteroatoms. The maximum atomic E-state index is 13.1. The van der Waals surface area contributed by atoms with Crippen molar-refractivity contribution in [3.05, 3.63) is 49.1 Å². The highest BCUT2D eigenvalue weighted by Crippen LogP contribution is 2.41. The van der Waals surface area contributed by atoms with Crippen LogP contribution in [-0.2, 0) is 10.3 Å². The maximum absolute atomic E-state index is 13.1. The summed E-state index contributed by atoms with van der Waals surface area (Å²) < 4.78 is 2.21. The summed E-state index contributed by atoms with van der Waals surface area (Å²) in [4.78, 5) is 27.1. The quantitative estimate of drug-likeness (QED) is 0.508. The molecule has 2 fully saturated rings. The predicted molar refractivity (Wildman–Crippen MR) is 125 cm³/mol. The molecule has 5 heterocycles. The van der Waals surface area contributed by atoms with Gasteiger partial charge in [0.1, 0.15) is 12.0 Å². The van der Waals surface area contributed by atoms with Crippen molar-refractivity contribution in [3.63, 3.8) is 0 Å². The van der Waals surface area contributed by atoms with E-state index in [1.807, 2.05) is 29.3 Å². The number of nitrogens with zero attached hydrogens (tertiary/aromatic N) is 5. The predicted octanol–water partition coefficient (Wildman–Crippen LogP) is 3.17. The van der Waals surface area contributed by atoms with E-state index in [-0.39, 0.29) is 11.9 Å². The van der Waals surface area contributed by atoms with Crippen LogP contribution in [0.3, 0.4) is 0 Å². The molecule has 0 radical (unpaired) electrons. The number of carbonyl (C=O) groups is 1. The number of nitrogens with one attached hydrogen (secondary N) is 2. The number of aromatic amines is 1. The summed E-state index contributed by atoms with van der Waals surface area (Å²) in [5, 5.41) is 15.1. The Hall–Kier alpha value is -3.70. The first-order valence-corrected chi connectivity index (χ1v) is 11.5. The van der Waals surface area contributed by atoms with Crippen molar-refractivity contribution >= 4 is 27.8 Å². The van der Waals surface area contributed by atoms with E-state index in [1.165, 1.54) is 0 Å². The number of amides is 1. The molecule has 0 spiro atoms. The van der Waals surface area contributed by atoms with Gasteiger partial charge in [-0.15, -0.1) is 0 Å².